The third-order valence-electron chi connectivity index (χ3n) is 4.54. The Hall–Kier alpha value is -2.70. The number of hydrogen-bond acceptors (Lipinski definition) is 6. The number of rotatable bonds is 4. The first-order valence-corrected chi connectivity index (χ1v) is 9.68. The third kappa shape index (κ3) is 4.66. The van der Waals surface area contributed by atoms with Crippen molar-refractivity contribution in [1.29, 1.82) is 0 Å². The molecular formula is C22H26ClN3O3. The first-order chi connectivity index (χ1) is 13.5. The van der Waals surface area contributed by atoms with Crippen molar-refractivity contribution in [2.75, 3.05) is 5.32 Å². The first-order valence-electron chi connectivity index (χ1n) is 9.30. The standard InChI is InChI=1S/C22H26ClN3O3/c1-13-19(24)26-17-11-15(8-9-18(17)28-13)22(25,20(27)29-21(2,3)4)12-14-6-5-7-16(23)10-14/h5-11,26H,12,24-25H2,1-4H3. The number of carbonyl (C=O) groups is 1. The van der Waals surface area contributed by atoms with E-state index in [-0.39, 0.29) is 6.42 Å². The predicted octanol–water partition coefficient (Wildman–Crippen LogP) is 4.03. The van der Waals surface area contributed by atoms with Gasteiger partial charge in [-0.1, -0.05) is 29.8 Å². The van der Waals surface area contributed by atoms with Crippen LogP contribution in [0.4, 0.5) is 5.69 Å². The topological polar surface area (TPSA) is 99.6 Å². The van der Waals surface area contributed by atoms with Gasteiger partial charge in [-0.3, -0.25) is 0 Å². The van der Waals surface area contributed by atoms with Crippen molar-refractivity contribution in [2.45, 2.75) is 45.3 Å². The van der Waals surface area contributed by atoms with Crippen molar-refractivity contribution in [2.24, 2.45) is 11.5 Å². The molecule has 5 N–H and O–H groups in total. The van der Waals surface area contributed by atoms with E-state index in [1.807, 2.05) is 12.1 Å². The molecule has 2 aromatic rings. The van der Waals surface area contributed by atoms with Crippen LogP contribution in [0.25, 0.3) is 0 Å². The summed E-state index contributed by atoms with van der Waals surface area (Å²) in [6.45, 7) is 7.19. The second-order valence-electron chi connectivity index (χ2n) is 8.19. The lowest BCUT2D eigenvalue weighted by Crippen LogP contribution is -2.50. The van der Waals surface area contributed by atoms with Gasteiger partial charge in [0.25, 0.3) is 0 Å². The Balaban J connectivity index is 2.04. The summed E-state index contributed by atoms with van der Waals surface area (Å²) in [5.74, 6) is 1.07. The quantitative estimate of drug-likeness (QED) is 0.652. The average molecular weight is 416 g/mol. The van der Waals surface area contributed by atoms with E-state index in [9.17, 15) is 4.79 Å². The van der Waals surface area contributed by atoms with E-state index in [4.69, 9.17) is 32.5 Å². The molecule has 1 atom stereocenters. The van der Waals surface area contributed by atoms with Crippen LogP contribution in [0.1, 0.15) is 38.8 Å². The number of ether oxygens (including phenoxy) is 2. The van der Waals surface area contributed by atoms with Gasteiger partial charge in [-0.05, 0) is 63.1 Å². The maximum atomic E-state index is 13.2. The second-order valence-corrected chi connectivity index (χ2v) is 8.62. The van der Waals surface area contributed by atoms with Gasteiger partial charge >= 0.3 is 5.97 Å². The molecule has 0 fully saturated rings. The van der Waals surface area contributed by atoms with Crippen molar-refractivity contribution in [3.8, 4) is 5.75 Å². The van der Waals surface area contributed by atoms with E-state index in [0.717, 1.165) is 5.56 Å². The fraction of sp³-hybridized carbons (Fsp3) is 0.318. The van der Waals surface area contributed by atoms with Crippen LogP contribution in [0.3, 0.4) is 0 Å². The minimum atomic E-state index is -1.43. The Bertz CT molecular complexity index is 982. The van der Waals surface area contributed by atoms with E-state index < -0.39 is 17.1 Å². The van der Waals surface area contributed by atoms with Crippen LogP contribution in [0.15, 0.2) is 54.0 Å². The zero-order valence-electron chi connectivity index (χ0n) is 17.0. The van der Waals surface area contributed by atoms with Crippen molar-refractivity contribution in [1.82, 2.24) is 0 Å². The third-order valence-corrected chi connectivity index (χ3v) is 4.78. The van der Waals surface area contributed by atoms with Crippen LogP contribution in [0.2, 0.25) is 5.02 Å². The van der Waals surface area contributed by atoms with Gasteiger partial charge in [0.2, 0.25) is 0 Å². The summed E-state index contributed by atoms with van der Waals surface area (Å²) in [5.41, 5.74) is 12.6. The van der Waals surface area contributed by atoms with Gasteiger partial charge in [0, 0.05) is 11.4 Å². The van der Waals surface area contributed by atoms with Gasteiger partial charge in [-0.25, -0.2) is 4.79 Å². The Morgan fingerprint density at radius 3 is 2.59 bits per heavy atom. The van der Waals surface area contributed by atoms with Crippen LogP contribution in [-0.4, -0.2) is 11.6 Å². The summed E-state index contributed by atoms with van der Waals surface area (Å²) in [7, 11) is 0. The molecule has 0 saturated heterocycles. The summed E-state index contributed by atoms with van der Waals surface area (Å²) in [6.07, 6.45) is 0.215. The fourth-order valence-corrected chi connectivity index (χ4v) is 3.29. The molecule has 6 nitrogen and oxygen atoms in total. The molecule has 0 spiro atoms. The van der Waals surface area contributed by atoms with Crippen molar-refractivity contribution < 1.29 is 14.3 Å². The molecule has 0 aromatic heterocycles. The zero-order chi connectivity index (χ0) is 21.4. The normalized spacial score (nSPS) is 15.7. The maximum absolute atomic E-state index is 13.2. The fourth-order valence-electron chi connectivity index (χ4n) is 3.08. The lowest BCUT2D eigenvalue weighted by Gasteiger charge is -2.33. The number of esters is 1. The first kappa shape index (κ1) is 21.0. The number of anilines is 1. The average Bonchev–Trinajstić information content (AvgIpc) is 2.60. The Morgan fingerprint density at radius 2 is 1.93 bits per heavy atom. The lowest BCUT2D eigenvalue weighted by molar-refractivity contribution is -0.162. The van der Waals surface area contributed by atoms with Gasteiger partial charge in [0.15, 0.2) is 5.75 Å². The number of fused-ring (bicyclic) bond motifs is 1. The number of benzene rings is 2. The molecule has 1 aliphatic heterocycles. The number of halogens is 1. The highest BCUT2D eigenvalue weighted by Crippen LogP contribution is 2.36. The van der Waals surface area contributed by atoms with E-state index >= 15 is 0 Å². The Labute approximate surface area is 175 Å². The van der Waals surface area contributed by atoms with Crippen LogP contribution in [-0.2, 0) is 21.5 Å². The molecule has 0 radical (unpaired) electrons. The highest BCUT2D eigenvalue weighted by Gasteiger charge is 2.40. The van der Waals surface area contributed by atoms with Gasteiger partial charge in [0.1, 0.15) is 22.7 Å². The number of carbonyl (C=O) groups excluding carboxylic acids is 1. The molecule has 0 saturated carbocycles. The lowest BCUT2D eigenvalue weighted by atomic mass is 9.84. The van der Waals surface area contributed by atoms with E-state index in [0.29, 0.717) is 33.6 Å². The van der Waals surface area contributed by atoms with Gasteiger partial charge in [-0.2, -0.15) is 0 Å². The number of hydrogen-bond donors (Lipinski definition) is 3. The summed E-state index contributed by atoms with van der Waals surface area (Å²) in [5, 5.41) is 3.66. The second kappa shape index (κ2) is 7.61. The molecule has 1 aliphatic rings. The van der Waals surface area contributed by atoms with Gasteiger partial charge < -0.3 is 26.3 Å². The van der Waals surface area contributed by atoms with Crippen LogP contribution in [0.5, 0.6) is 5.75 Å². The van der Waals surface area contributed by atoms with Crippen molar-refractivity contribution in [3.63, 3.8) is 0 Å². The predicted molar refractivity (Wildman–Crippen MR) is 114 cm³/mol. The van der Waals surface area contributed by atoms with E-state index in [1.165, 1.54) is 0 Å². The highest BCUT2D eigenvalue weighted by molar-refractivity contribution is 6.30. The number of allylic oxidation sites excluding steroid dienone is 1. The molecular weight excluding hydrogens is 390 g/mol. The van der Waals surface area contributed by atoms with Crippen LogP contribution in [0, 0.1) is 0 Å². The molecule has 3 rings (SSSR count). The smallest absolute Gasteiger partial charge is 0.331 e. The minimum Gasteiger partial charge on any atom is -0.458 e. The largest absolute Gasteiger partial charge is 0.458 e. The molecule has 0 amide bonds. The molecule has 154 valence electrons. The van der Waals surface area contributed by atoms with Crippen LogP contribution >= 0.6 is 11.6 Å². The Kier molecular flexibility index (Phi) is 5.52. The molecule has 0 aliphatic carbocycles. The number of nitrogens with two attached hydrogens (primary N) is 2. The summed E-state index contributed by atoms with van der Waals surface area (Å²) in [4.78, 5) is 13.2. The van der Waals surface area contributed by atoms with Crippen LogP contribution < -0.4 is 21.5 Å². The molecule has 7 heteroatoms. The molecule has 2 aromatic carbocycles. The zero-order valence-corrected chi connectivity index (χ0v) is 17.8. The number of nitrogens with one attached hydrogen (secondary N) is 1. The van der Waals surface area contributed by atoms with E-state index in [2.05, 4.69) is 5.32 Å². The summed E-state index contributed by atoms with van der Waals surface area (Å²) >= 11 is 6.13. The maximum Gasteiger partial charge on any atom is 0.331 e. The summed E-state index contributed by atoms with van der Waals surface area (Å²) in [6, 6.07) is 12.6. The molecule has 1 unspecified atom stereocenters. The molecule has 29 heavy (non-hydrogen) atoms. The molecule has 1 heterocycles. The van der Waals surface area contributed by atoms with Gasteiger partial charge in [-0.15, -0.1) is 0 Å². The van der Waals surface area contributed by atoms with Crippen molar-refractivity contribution >= 4 is 23.3 Å². The SMILES string of the molecule is CC1=C(N)Nc2cc(C(N)(Cc3cccc(Cl)c3)C(=O)OC(C)(C)C)ccc2O1. The minimum absolute atomic E-state index is 0.215. The molecule has 0 bridgehead atoms. The Morgan fingerprint density at radius 1 is 1.21 bits per heavy atom. The highest BCUT2D eigenvalue weighted by atomic mass is 35.5. The monoisotopic (exact) mass is 415 g/mol. The summed E-state index contributed by atoms with van der Waals surface area (Å²) < 4.78 is 11.4. The van der Waals surface area contributed by atoms with E-state index in [1.54, 1.807) is 58.0 Å². The van der Waals surface area contributed by atoms with Crippen molar-refractivity contribution in [3.05, 3.63) is 70.2 Å². The van der Waals surface area contributed by atoms with Gasteiger partial charge in [0.05, 0.1) is 5.69 Å².